The molecule has 0 aliphatic rings. The summed E-state index contributed by atoms with van der Waals surface area (Å²) in [5, 5.41) is 11.7. The van der Waals surface area contributed by atoms with E-state index in [1.165, 1.54) is 0 Å². The molecule has 0 atom stereocenters. The van der Waals surface area contributed by atoms with E-state index in [4.69, 9.17) is 5.11 Å². The number of nitrogens with one attached hydrogen (secondary N) is 1. The number of rotatable bonds is 5. The minimum Gasteiger partial charge on any atom is -0.395 e. The molecule has 2 N–H and O–H groups in total. The summed E-state index contributed by atoms with van der Waals surface area (Å²) in [6, 6.07) is 3.45. The van der Waals surface area contributed by atoms with Crippen molar-refractivity contribution in [3.63, 3.8) is 0 Å². The van der Waals surface area contributed by atoms with Gasteiger partial charge in [0.25, 0.3) is 5.91 Å². The molecule has 0 aromatic carbocycles. The lowest BCUT2D eigenvalue weighted by atomic mass is 10.2. The van der Waals surface area contributed by atoms with Crippen molar-refractivity contribution in [3.8, 4) is 0 Å². The SMILES string of the molecule is CCN(CCO)C(=O)c1cccnc1NC. The normalized spacial score (nSPS) is 9.94. The molecule has 0 spiro atoms. The molecule has 1 amide bonds. The van der Waals surface area contributed by atoms with Gasteiger partial charge in [-0.15, -0.1) is 0 Å². The highest BCUT2D eigenvalue weighted by molar-refractivity contribution is 5.98. The molecule has 1 aromatic heterocycles. The van der Waals surface area contributed by atoms with Gasteiger partial charge in [0.2, 0.25) is 0 Å². The van der Waals surface area contributed by atoms with Crippen LogP contribution in [-0.2, 0) is 0 Å². The molecule has 0 aliphatic carbocycles. The summed E-state index contributed by atoms with van der Waals surface area (Å²) in [5.41, 5.74) is 0.528. The van der Waals surface area contributed by atoms with Crippen molar-refractivity contribution in [2.75, 3.05) is 32.1 Å². The lowest BCUT2D eigenvalue weighted by Gasteiger charge is -2.20. The van der Waals surface area contributed by atoms with E-state index in [1.54, 1.807) is 30.3 Å². The molecule has 88 valence electrons. The van der Waals surface area contributed by atoms with Gasteiger partial charge in [0.1, 0.15) is 5.82 Å². The van der Waals surface area contributed by atoms with Gasteiger partial charge in [0, 0.05) is 26.3 Å². The van der Waals surface area contributed by atoms with E-state index in [1.807, 2.05) is 6.92 Å². The number of aliphatic hydroxyl groups excluding tert-OH is 1. The molecule has 1 aromatic rings. The van der Waals surface area contributed by atoms with Crippen LogP contribution < -0.4 is 5.32 Å². The first kappa shape index (κ1) is 12.4. The molecule has 0 unspecified atom stereocenters. The van der Waals surface area contributed by atoms with Crippen molar-refractivity contribution in [2.24, 2.45) is 0 Å². The van der Waals surface area contributed by atoms with Crippen LogP contribution in [0.25, 0.3) is 0 Å². The fourth-order valence-corrected chi connectivity index (χ4v) is 1.47. The first-order chi connectivity index (χ1) is 7.74. The number of carbonyl (C=O) groups excluding carboxylic acids is 1. The van der Waals surface area contributed by atoms with Crippen molar-refractivity contribution >= 4 is 11.7 Å². The number of nitrogens with zero attached hydrogens (tertiary/aromatic N) is 2. The Morgan fingerprint density at radius 3 is 2.94 bits per heavy atom. The van der Waals surface area contributed by atoms with Crippen molar-refractivity contribution in [1.29, 1.82) is 0 Å². The Bertz CT molecular complexity index is 355. The van der Waals surface area contributed by atoms with Crippen molar-refractivity contribution in [1.82, 2.24) is 9.88 Å². The summed E-state index contributed by atoms with van der Waals surface area (Å²) >= 11 is 0. The monoisotopic (exact) mass is 223 g/mol. The third kappa shape index (κ3) is 2.70. The zero-order valence-electron chi connectivity index (χ0n) is 9.60. The molecule has 0 aliphatic heterocycles. The Balaban J connectivity index is 2.93. The number of anilines is 1. The zero-order chi connectivity index (χ0) is 12.0. The fourth-order valence-electron chi connectivity index (χ4n) is 1.47. The summed E-state index contributed by atoms with van der Waals surface area (Å²) in [6.07, 6.45) is 1.63. The number of pyridine rings is 1. The molecule has 1 heterocycles. The van der Waals surface area contributed by atoms with Gasteiger partial charge in [-0.3, -0.25) is 4.79 Å². The minimum absolute atomic E-state index is 0.0330. The number of carbonyl (C=O) groups is 1. The van der Waals surface area contributed by atoms with Crippen LogP contribution in [0.15, 0.2) is 18.3 Å². The second-order valence-corrected chi connectivity index (χ2v) is 3.26. The van der Waals surface area contributed by atoms with Crippen LogP contribution in [0.4, 0.5) is 5.82 Å². The second-order valence-electron chi connectivity index (χ2n) is 3.26. The maximum absolute atomic E-state index is 12.1. The Morgan fingerprint density at radius 2 is 2.38 bits per heavy atom. The predicted octanol–water partition coefficient (Wildman–Crippen LogP) is 0.578. The van der Waals surface area contributed by atoms with Crippen LogP contribution in [0.1, 0.15) is 17.3 Å². The number of likely N-dealkylation sites (N-methyl/N-ethyl adjacent to an activating group) is 1. The van der Waals surface area contributed by atoms with E-state index >= 15 is 0 Å². The topological polar surface area (TPSA) is 65.5 Å². The predicted molar refractivity (Wildman–Crippen MR) is 62.4 cm³/mol. The van der Waals surface area contributed by atoms with Gasteiger partial charge in [0.05, 0.1) is 12.2 Å². The van der Waals surface area contributed by atoms with Crippen LogP contribution in [0, 0.1) is 0 Å². The van der Waals surface area contributed by atoms with Crippen LogP contribution >= 0.6 is 0 Å². The average molecular weight is 223 g/mol. The molecule has 16 heavy (non-hydrogen) atoms. The third-order valence-electron chi connectivity index (χ3n) is 2.31. The van der Waals surface area contributed by atoms with Crippen LogP contribution in [-0.4, -0.2) is 47.6 Å². The number of amides is 1. The summed E-state index contributed by atoms with van der Waals surface area (Å²) in [6.45, 7) is 2.75. The number of aromatic nitrogens is 1. The number of hydrogen-bond acceptors (Lipinski definition) is 4. The van der Waals surface area contributed by atoms with Crippen LogP contribution in [0.3, 0.4) is 0 Å². The Kier molecular flexibility index (Phi) is 4.72. The van der Waals surface area contributed by atoms with Crippen molar-refractivity contribution in [3.05, 3.63) is 23.9 Å². The molecule has 1 rings (SSSR count). The molecule has 0 saturated carbocycles. The smallest absolute Gasteiger partial charge is 0.257 e. The first-order valence-electron chi connectivity index (χ1n) is 5.27. The molecular weight excluding hydrogens is 206 g/mol. The molecule has 5 heteroatoms. The van der Waals surface area contributed by atoms with Gasteiger partial charge >= 0.3 is 0 Å². The molecular formula is C11H17N3O2. The highest BCUT2D eigenvalue weighted by Gasteiger charge is 2.16. The molecule has 0 fully saturated rings. The highest BCUT2D eigenvalue weighted by atomic mass is 16.3. The fraction of sp³-hybridized carbons (Fsp3) is 0.455. The van der Waals surface area contributed by atoms with E-state index in [9.17, 15) is 4.79 Å². The van der Waals surface area contributed by atoms with Gasteiger partial charge in [-0.05, 0) is 19.1 Å². The van der Waals surface area contributed by atoms with E-state index in [0.717, 1.165) is 0 Å². The van der Waals surface area contributed by atoms with E-state index < -0.39 is 0 Å². The van der Waals surface area contributed by atoms with Gasteiger partial charge in [-0.1, -0.05) is 0 Å². The summed E-state index contributed by atoms with van der Waals surface area (Å²) in [7, 11) is 1.72. The van der Waals surface area contributed by atoms with Gasteiger partial charge < -0.3 is 15.3 Å². The second kappa shape index (κ2) is 6.07. The molecule has 0 bridgehead atoms. The van der Waals surface area contributed by atoms with Crippen molar-refractivity contribution in [2.45, 2.75) is 6.92 Å². The van der Waals surface area contributed by atoms with Crippen LogP contribution in [0.2, 0.25) is 0 Å². The standard InChI is InChI=1S/C11H17N3O2/c1-3-14(7-8-15)11(16)9-5-4-6-13-10(9)12-2/h4-6,15H,3,7-8H2,1-2H3,(H,12,13). The Morgan fingerprint density at radius 1 is 1.62 bits per heavy atom. The van der Waals surface area contributed by atoms with Gasteiger partial charge in [-0.2, -0.15) is 0 Å². The summed E-state index contributed by atoms with van der Waals surface area (Å²) in [4.78, 5) is 17.7. The molecule has 0 radical (unpaired) electrons. The van der Waals surface area contributed by atoms with Crippen molar-refractivity contribution < 1.29 is 9.90 Å². The van der Waals surface area contributed by atoms with Gasteiger partial charge in [0.15, 0.2) is 0 Å². The third-order valence-corrected chi connectivity index (χ3v) is 2.31. The summed E-state index contributed by atoms with van der Waals surface area (Å²) < 4.78 is 0. The van der Waals surface area contributed by atoms with Crippen LogP contribution in [0.5, 0.6) is 0 Å². The number of hydrogen-bond donors (Lipinski definition) is 2. The van der Waals surface area contributed by atoms with Gasteiger partial charge in [-0.25, -0.2) is 4.98 Å². The lowest BCUT2D eigenvalue weighted by Crippen LogP contribution is -2.33. The van der Waals surface area contributed by atoms with E-state index in [2.05, 4.69) is 10.3 Å². The van der Waals surface area contributed by atoms with E-state index in [0.29, 0.717) is 24.5 Å². The highest BCUT2D eigenvalue weighted by Crippen LogP contribution is 2.13. The number of aliphatic hydroxyl groups is 1. The summed E-state index contributed by atoms with van der Waals surface area (Å²) in [5.74, 6) is 0.442. The minimum atomic E-state index is -0.117. The maximum Gasteiger partial charge on any atom is 0.257 e. The quantitative estimate of drug-likeness (QED) is 0.766. The first-order valence-corrected chi connectivity index (χ1v) is 5.27. The van der Waals surface area contributed by atoms with E-state index in [-0.39, 0.29) is 12.5 Å². The lowest BCUT2D eigenvalue weighted by molar-refractivity contribution is 0.0732. The molecule has 5 nitrogen and oxygen atoms in total. The molecule has 0 saturated heterocycles. The Hall–Kier alpha value is -1.62. The average Bonchev–Trinajstić information content (AvgIpc) is 2.35. The largest absolute Gasteiger partial charge is 0.395 e. The maximum atomic E-state index is 12.1. The Labute approximate surface area is 95.1 Å². The zero-order valence-corrected chi connectivity index (χ0v) is 9.60.